The van der Waals surface area contributed by atoms with Crippen LogP contribution in [0.25, 0.3) is 0 Å². The summed E-state index contributed by atoms with van der Waals surface area (Å²) in [5.74, 6) is 1.10. The van der Waals surface area contributed by atoms with E-state index in [9.17, 15) is 8.42 Å². The molecule has 0 radical (unpaired) electrons. The van der Waals surface area contributed by atoms with Gasteiger partial charge in [0.05, 0.1) is 5.75 Å². The van der Waals surface area contributed by atoms with Crippen LogP contribution in [-0.4, -0.2) is 51.8 Å². The number of primary sulfonamides is 1. The van der Waals surface area contributed by atoms with Crippen LogP contribution >= 0.6 is 0 Å². The molecule has 2 aliphatic heterocycles. The number of nitrogens with zero attached hydrogens (tertiary/aromatic N) is 2. The van der Waals surface area contributed by atoms with Crippen molar-refractivity contribution in [2.75, 3.05) is 43.4 Å². The van der Waals surface area contributed by atoms with E-state index in [-0.39, 0.29) is 11.7 Å². The second-order valence-corrected chi connectivity index (χ2v) is 8.67. The number of nitrogens with two attached hydrogens (primary N) is 1. The minimum Gasteiger partial charge on any atom is -0.371 e. The number of para-hydroxylation sites is 1. The molecule has 6 heteroatoms. The summed E-state index contributed by atoms with van der Waals surface area (Å²) in [6.07, 6.45) is 3.14. The molecule has 0 saturated carbocycles. The predicted molar refractivity (Wildman–Crippen MR) is 93.9 cm³/mol. The lowest BCUT2D eigenvalue weighted by Gasteiger charge is -2.33. The number of hydrogen-bond donors (Lipinski definition) is 1. The minimum atomic E-state index is -3.33. The summed E-state index contributed by atoms with van der Waals surface area (Å²) in [7, 11) is -3.33. The molecule has 0 spiro atoms. The molecule has 128 valence electrons. The first kappa shape index (κ1) is 16.7. The van der Waals surface area contributed by atoms with Crippen LogP contribution in [0.15, 0.2) is 30.3 Å². The van der Waals surface area contributed by atoms with E-state index >= 15 is 0 Å². The van der Waals surface area contributed by atoms with Crippen molar-refractivity contribution < 1.29 is 8.42 Å². The number of sulfonamides is 1. The fourth-order valence-electron chi connectivity index (χ4n) is 3.88. The van der Waals surface area contributed by atoms with Gasteiger partial charge in [-0.05, 0) is 56.3 Å². The average Bonchev–Trinajstić information content (AvgIpc) is 2.97. The molecule has 1 aromatic rings. The van der Waals surface area contributed by atoms with Crippen LogP contribution < -0.4 is 10.0 Å². The molecule has 2 aliphatic rings. The first-order valence-corrected chi connectivity index (χ1v) is 10.2. The molecule has 2 saturated heterocycles. The molecule has 1 aromatic carbocycles. The Kier molecular flexibility index (Phi) is 5.24. The minimum absolute atomic E-state index is 0.145. The smallest absolute Gasteiger partial charge is 0.209 e. The van der Waals surface area contributed by atoms with Crippen molar-refractivity contribution in [2.24, 2.45) is 17.0 Å². The zero-order chi connectivity index (χ0) is 16.3. The highest BCUT2D eigenvalue weighted by Crippen LogP contribution is 2.26. The highest BCUT2D eigenvalue weighted by Gasteiger charge is 2.27. The van der Waals surface area contributed by atoms with Crippen LogP contribution in [0.4, 0.5) is 5.69 Å². The number of benzene rings is 1. The number of rotatable bonds is 5. The van der Waals surface area contributed by atoms with Gasteiger partial charge in [-0.3, -0.25) is 0 Å². The first-order chi connectivity index (χ1) is 11.0. The first-order valence-electron chi connectivity index (χ1n) is 8.52. The molecule has 2 fully saturated rings. The van der Waals surface area contributed by atoms with Gasteiger partial charge in [0.25, 0.3) is 0 Å². The standard InChI is InChI=1S/C17H27N3O2S/c18-23(21,22)14-15-6-9-19(10-7-15)12-16-8-11-20(13-16)17-4-2-1-3-5-17/h1-5,15-16H,6-14H2,(H2,18,21,22). The number of hydrogen-bond acceptors (Lipinski definition) is 4. The molecular weight excluding hydrogens is 310 g/mol. The van der Waals surface area contributed by atoms with E-state index < -0.39 is 10.0 Å². The van der Waals surface area contributed by atoms with Crippen LogP contribution in [-0.2, 0) is 10.0 Å². The van der Waals surface area contributed by atoms with Gasteiger partial charge in [0.1, 0.15) is 0 Å². The molecule has 0 aromatic heterocycles. The largest absolute Gasteiger partial charge is 0.371 e. The number of anilines is 1. The third kappa shape index (κ3) is 4.93. The van der Waals surface area contributed by atoms with Crippen molar-refractivity contribution in [1.82, 2.24) is 4.90 Å². The summed E-state index contributed by atoms with van der Waals surface area (Å²) in [4.78, 5) is 4.97. The summed E-state index contributed by atoms with van der Waals surface area (Å²) in [6, 6.07) is 10.6. The molecule has 2 heterocycles. The van der Waals surface area contributed by atoms with E-state index in [4.69, 9.17) is 5.14 Å². The van der Waals surface area contributed by atoms with E-state index in [1.54, 1.807) is 0 Å². The molecule has 0 aliphatic carbocycles. The number of piperidine rings is 1. The van der Waals surface area contributed by atoms with Crippen LogP contribution in [0.5, 0.6) is 0 Å². The Morgan fingerprint density at radius 1 is 1.00 bits per heavy atom. The quantitative estimate of drug-likeness (QED) is 0.884. The van der Waals surface area contributed by atoms with E-state index in [1.807, 2.05) is 0 Å². The van der Waals surface area contributed by atoms with Gasteiger partial charge in [0.15, 0.2) is 0 Å². The summed E-state index contributed by atoms with van der Waals surface area (Å²) in [5.41, 5.74) is 1.32. The van der Waals surface area contributed by atoms with Crippen molar-refractivity contribution in [3.05, 3.63) is 30.3 Å². The topological polar surface area (TPSA) is 66.6 Å². The number of likely N-dealkylation sites (tertiary alicyclic amines) is 1. The second kappa shape index (κ2) is 7.20. The third-order valence-corrected chi connectivity index (χ3v) is 6.03. The van der Waals surface area contributed by atoms with E-state index in [2.05, 4.69) is 40.1 Å². The molecule has 0 bridgehead atoms. The Hall–Kier alpha value is -1.11. The maximum absolute atomic E-state index is 11.2. The van der Waals surface area contributed by atoms with Gasteiger partial charge < -0.3 is 9.80 Å². The summed E-state index contributed by atoms with van der Waals surface area (Å²) < 4.78 is 22.4. The Balaban J connectivity index is 1.43. The van der Waals surface area contributed by atoms with Crippen LogP contribution in [0.2, 0.25) is 0 Å². The van der Waals surface area contributed by atoms with Crippen molar-refractivity contribution >= 4 is 15.7 Å². The molecule has 1 unspecified atom stereocenters. The maximum Gasteiger partial charge on any atom is 0.209 e. The van der Waals surface area contributed by atoms with E-state index in [1.165, 1.54) is 12.1 Å². The highest BCUT2D eigenvalue weighted by molar-refractivity contribution is 7.89. The Bertz CT molecular complexity index is 598. The molecule has 5 nitrogen and oxygen atoms in total. The molecule has 1 atom stereocenters. The van der Waals surface area contributed by atoms with Gasteiger partial charge in [-0.25, -0.2) is 13.6 Å². The highest BCUT2D eigenvalue weighted by atomic mass is 32.2. The van der Waals surface area contributed by atoms with Crippen LogP contribution in [0.1, 0.15) is 19.3 Å². The predicted octanol–water partition coefficient (Wildman–Crippen LogP) is 1.51. The lowest BCUT2D eigenvalue weighted by Crippen LogP contribution is -2.39. The average molecular weight is 337 g/mol. The van der Waals surface area contributed by atoms with Gasteiger partial charge >= 0.3 is 0 Å². The van der Waals surface area contributed by atoms with E-state index in [0.29, 0.717) is 5.92 Å². The Labute approximate surface area is 139 Å². The lowest BCUT2D eigenvalue weighted by atomic mass is 9.97. The normalized spacial score (nSPS) is 24.2. The van der Waals surface area contributed by atoms with Crippen molar-refractivity contribution in [3.63, 3.8) is 0 Å². The zero-order valence-corrected chi connectivity index (χ0v) is 14.4. The van der Waals surface area contributed by atoms with Gasteiger partial charge in [0, 0.05) is 25.3 Å². The fourth-order valence-corrected chi connectivity index (χ4v) is 4.87. The van der Waals surface area contributed by atoms with Gasteiger partial charge in [-0.15, -0.1) is 0 Å². The van der Waals surface area contributed by atoms with Gasteiger partial charge in [-0.2, -0.15) is 0 Å². The Morgan fingerprint density at radius 2 is 1.65 bits per heavy atom. The zero-order valence-electron chi connectivity index (χ0n) is 13.6. The second-order valence-electron chi connectivity index (χ2n) is 7.01. The summed E-state index contributed by atoms with van der Waals surface area (Å²) >= 11 is 0. The third-order valence-electron chi connectivity index (χ3n) is 5.10. The van der Waals surface area contributed by atoms with Crippen molar-refractivity contribution in [3.8, 4) is 0 Å². The monoisotopic (exact) mass is 337 g/mol. The van der Waals surface area contributed by atoms with Crippen LogP contribution in [0.3, 0.4) is 0 Å². The molecule has 23 heavy (non-hydrogen) atoms. The summed E-state index contributed by atoms with van der Waals surface area (Å²) in [5, 5.41) is 5.16. The van der Waals surface area contributed by atoms with E-state index in [0.717, 1.165) is 45.6 Å². The molecule has 0 amide bonds. The maximum atomic E-state index is 11.2. The molecule has 3 rings (SSSR count). The van der Waals surface area contributed by atoms with Gasteiger partial charge in [-0.1, -0.05) is 18.2 Å². The lowest BCUT2D eigenvalue weighted by molar-refractivity contribution is 0.172. The Morgan fingerprint density at radius 3 is 2.30 bits per heavy atom. The molecule has 2 N–H and O–H groups in total. The summed E-state index contributed by atoms with van der Waals surface area (Å²) in [6.45, 7) is 5.40. The SMILES string of the molecule is NS(=O)(=O)CC1CCN(CC2CCN(c3ccccc3)C2)CC1. The molecular formula is C17H27N3O2S. The van der Waals surface area contributed by atoms with Crippen molar-refractivity contribution in [2.45, 2.75) is 19.3 Å². The van der Waals surface area contributed by atoms with Crippen molar-refractivity contribution in [1.29, 1.82) is 0 Å². The van der Waals surface area contributed by atoms with Crippen LogP contribution in [0, 0.1) is 11.8 Å². The fraction of sp³-hybridized carbons (Fsp3) is 0.647. The van der Waals surface area contributed by atoms with Gasteiger partial charge in [0.2, 0.25) is 10.0 Å².